The second-order valence-corrected chi connectivity index (χ2v) is 3.12. The number of rotatable bonds is 0. The van der Waals surface area contributed by atoms with Crippen LogP contribution in [0.5, 0.6) is 11.5 Å². The fourth-order valence-electron chi connectivity index (χ4n) is 1.37. The molecule has 6 heteroatoms. The average molecular weight is 202 g/mol. The Morgan fingerprint density at radius 3 is 2.67 bits per heavy atom. The average Bonchev–Trinajstić information content (AvgIpc) is 2.67. The van der Waals surface area contributed by atoms with Gasteiger partial charge in [-0.05, 0) is 12.1 Å². The van der Waals surface area contributed by atoms with Crippen molar-refractivity contribution < 1.29 is 10.2 Å². The summed E-state index contributed by atoms with van der Waals surface area (Å²) < 4.78 is 0. The van der Waals surface area contributed by atoms with Gasteiger partial charge in [0.05, 0.1) is 6.20 Å². The summed E-state index contributed by atoms with van der Waals surface area (Å²) in [6, 6.07) is 2.66. The van der Waals surface area contributed by atoms with Crippen molar-refractivity contribution in [3.8, 4) is 11.5 Å². The van der Waals surface area contributed by atoms with Crippen LogP contribution in [0, 0.1) is 0 Å². The molecule has 3 heterocycles. The lowest BCUT2D eigenvalue weighted by atomic mass is 10.4. The van der Waals surface area contributed by atoms with Crippen LogP contribution in [0.1, 0.15) is 0 Å². The van der Waals surface area contributed by atoms with Crippen molar-refractivity contribution in [1.82, 2.24) is 19.9 Å². The summed E-state index contributed by atoms with van der Waals surface area (Å²) >= 11 is 0. The number of nitrogens with zero attached hydrogens (tertiary/aromatic N) is 3. The maximum absolute atomic E-state index is 9.56. The quantitative estimate of drug-likeness (QED) is 0.503. The predicted octanol–water partition coefficient (Wildman–Crippen LogP) is 0.917. The van der Waals surface area contributed by atoms with E-state index in [9.17, 15) is 10.2 Å². The Hall–Kier alpha value is -2.37. The molecule has 0 amide bonds. The minimum atomic E-state index is -0.0979. The van der Waals surface area contributed by atoms with Gasteiger partial charge in [-0.3, -0.25) is 0 Å². The molecule has 0 atom stereocenters. The van der Waals surface area contributed by atoms with Gasteiger partial charge in [0.15, 0.2) is 28.4 Å². The summed E-state index contributed by atoms with van der Waals surface area (Å²) in [5.74, 6) is -0.153. The van der Waals surface area contributed by atoms with E-state index in [1.54, 1.807) is 0 Å². The highest BCUT2D eigenvalue weighted by Gasteiger charge is 2.06. The zero-order chi connectivity index (χ0) is 10.4. The van der Waals surface area contributed by atoms with Crippen LogP contribution < -0.4 is 0 Å². The number of imidazole rings is 1. The molecule has 3 aromatic heterocycles. The maximum Gasteiger partial charge on any atom is 0.196 e. The van der Waals surface area contributed by atoms with Gasteiger partial charge in [0.1, 0.15) is 5.52 Å². The standard InChI is InChI=1S/C9H6N4O2/c14-5-1-2-6(15)9-11-4-3-10-8(5)12-7(4)13-9/h1-3,14-15H,(H,10,11,12,13). The molecule has 3 N–H and O–H groups in total. The van der Waals surface area contributed by atoms with E-state index in [-0.39, 0.29) is 17.1 Å². The minimum absolute atomic E-state index is 0.0548. The van der Waals surface area contributed by atoms with Gasteiger partial charge >= 0.3 is 0 Å². The van der Waals surface area contributed by atoms with Crippen molar-refractivity contribution in [2.45, 2.75) is 0 Å². The van der Waals surface area contributed by atoms with Crippen LogP contribution in [0.3, 0.4) is 0 Å². The fourth-order valence-corrected chi connectivity index (χ4v) is 1.37. The van der Waals surface area contributed by atoms with Crippen LogP contribution in [-0.4, -0.2) is 30.1 Å². The van der Waals surface area contributed by atoms with Gasteiger partial charge in [-0.2, -0.15) is 0 Å². The number of aromatic amines is 1. The highest BCUT2D eigenvalue weighted by atomic mass is 16.3. The Labute approximate surface area is 83.3 Å². The van der Waals surface area contributed by atoms with Crippen molar-refractivity contribution in [3.63, 3.8) is 0 Å². The Balaban J connectivity index is 2.65. The van der Waals surface area contributed by atoms with E-state index in [1.807, 2.05) is 0 Å². The summed E-state index contributed by atoms with van der Waals surface area (Å²) in [4.78, 5) is 14.9. The van der Waals surface area contributed by atoms with Crippen LogP contribution in [0.2, 0.25) is 0 Å². The Kier molecular flexibility index (Phi) is 1.37. The SMILES string of the molecule is Oc1ccc(O)c2nc3cnc1nc3[nH]2. The molecule has 0 spiro atoms. The molecule has 0 unspecified atom stereocenters. The highest BCUT2D eigenvalue weighted by molar-refractivity contribution is 5.78. The first-order chi connectivity index (χ1) is 7.24. The molecular weight excluding hydrogens is 196 g/mol. The summed E-state index contributed by atoms with van der Waals surface area (Å²) in [5, 5.41) is 19.1. The van der Waals surface area contributed by atoms with Gasteiger partial charge in [-0.1, -0.05) is 0 Å². The van der Waals surface area contributed by atoms with E-state index in [1.165, 1.54) is 18.3 Å². The summed E-state index contributed by atoms with van der Waals surface area (Å²) in [6.45, 7) is 0. The van der Waals surface area contributed by atoms with Gasteiger partial charge in [-0.25, -0.2) is 15.0 Å². The van der Waals surface area contributed by atoms with E-state index in [4.69, 9.17) is 0 Å². The molecule has 0 radical (unpaired) electrons. The summed E-state index contributed by atoms with van der Waals surface area (Å²) in [5.41, 5.74) is 1.53. The Morgan fingerprint density at radius 2 is 1.80 bits per heavy atom. The molecule has 74 valence electrons. The second-order valence-electron chi connectivity index (χ2n) is 3.12. The van der Waals surface area contributed by atoms with Crippen LogP contribution in [0.15, 0.2) is 18.3 Å². The minimum Gasteiger partial charge on any atom is -0.504 e. The molecule has 0 saturated carbocycles. The predicted molar refractivity (Wildman–Crippen MR) is 52.5 cm³/mol. The van der Waals surface area contributed by atoms with Gasteiger partial charge in [0.25, 0.3) is 0 Å². The lowest BCUT2D eigenvalue weighted by Gasteiger charge is -1.91. The zero-order valence-electron chi connectivity index (χ0n) is 7.47. The third-order valence-electron chi connectivity index (χ3n) is 2.11. The molecule has 0 saturated heterocycles. The van der Waals surface area contributed by atoms with Crippen LogP contribution in [0.25, 0.3) is 22.5 Å². The number of hydrogen-bond acceptors (Lipinski definition) is 5. The second kappa shape index (κ2) is 2.57. The summed E-state index contributed by atoms with van der Waals surface area (Å²) in [6.07, 6.45) is 1.49. The number of H-pyrrole nitrogens is 1. The van der Waals surface area contributed by atoms with Gasteiger partial charge < -0.3 is 15.2 Å². The molecule has 3 aromatic rings. The third-order valence-corrected chi connectivity index (χ3v) is 2.11. The molecule has 3 rings (SSSR count). The maximum atomic E-state index is 9.56. The molecule has 0 fully saturated rings. The van der Waals surface area contributed by atoms with E-state index >= 15 is 0 Å². The fraction of sp³-hybridized carbons (Fsp3) is 0. The molecular formula is C9H6N4O2. The smallest absolute Gasteiger partial charge is 0.196 e. The van der Waals surface area contributed by atoms with Crippen LogP contribution >= 0.6 is 0 Å². The zero-order valence-corrected chi connectivity index (χ0v) is 7.47. The monoisotopic (exact) mass is 202 g/mol. The number of hydrogen-bond donors (Lipinski definition) is 3. The first kappa shape index (κ1) is 7.98. The molecule has 15 heavy (non-hydrogen) atoms. The largest absolute Gasteiger partial charge is 0.504 e. The molecule has 0 aliphatic heterocycles. The molecule has 0 aliphatic carbocycles. The number of nitrogens with one attached hydrogen (secondary N) is 1. The Morgan fingerprint density at radius 1 is 1.00 bits per heavy atom. The Bertz CT molecular complexity index is 645. The van der Waals surface area contributed by atoms with Crippen molar-refractivity contribution in [2.24, 2.45) is 0 Å². The number of fused-ring (bicyclic) bond motifs is 2. The van der Waals surface area contributed by atoms with Gasteiger partial charge in [0, 0.05) is 0 Å². The van der Waals surface area contributed by atoms with E-state index in [2.05, 4.69) is 19.9 Å². The van der Waals surface area contributed by atoms with Crippen molar-refractivity contribution in [1.29, 1.82) is 0 Å². The van der Waals surface area contributed by atoms with Gasteiger partial charge in [-0.15, -0.1) is 0 Å². The highest BCUT2D eigenvalue weighted by Crippen LogP contribution is 2.21. The number of aromatic hydroxyl groups is 2. The first-order valence-corrected chi connectivity index (χ1v) is 4.27. The van der Waals surface area contributed by atoms with Crippen LogP contribution in [-0.2, 0) is 0 Å². The molecule has 3 bridgehead atoms. The lowest BCUT2D eigenvalue weighted by Crippen LogP contribution is -1.82. The molecule has 0 aliphatic rings. The molecule has 0 aromatic carbocycles. The van der Waals surface area contributed by atoms with Crippen molar-refractivity contribution in [2.75, 3.05) is 0 Å². The van der Waals surface area contributed by atoms with E-state index < -0.39 is 0 Å². The van der Waals surface area contributed by atoms with E-state index in [0.717, 1.165) is 0 Å². The number of aromatic nitrogens is 4. The lowest BCUT2D eigenvalue weighted by molar-refractivity contribution is 0.471. The van der Waals surface area contributed by atoms with Crippen LogP contribution in [0.4, 0.5) is 0 Å². The topological polar surface area (TPSA) is 94.9 Å². The summed E-state index contributed by atoms with van der Waals surface area (Å²) in [7, 11) is 0. The van der Waals surface area contributed by atoms with E-state index in [0.29, 0.717) is 16.8 Å². The van der Waals surface area contributed by atoms with Gasteiger partial charge in [0.2, 0.25) is 0 Å². The first-order valence-electron chi connectivity index (χ1n) is 4.27. The normalized spacial score (nSPS) is 11.2. The third kappa shape index (κ3) is 1.08. The van der Waals surface area contributed by atoms with Crippen molar-refractivity contribution in [3.05, 3.63) is 18.3 Å². The molecule has 6 nitrogen and oxygen atoms in total. The van der Waals surface area contributed by atoms with Crippen molar-refractivity contribution >= 4 is 22.5 Å².